The molecule has 0 aromatic heterocycles. The molecule has 0 spiro atoms. The molecule has 1 aromatic carbocycles. The predicted octanol–water partition coefficient (Wildman–Crippen LogP) is 1.50. The first-order chi connectivity index (χ1) is 7.15. The quantitative estimate of drug-likeness (QED) is 0.731. The van der Waals surface area contributed by atoms with Crippen molar-refractivity contribution in [2.75, 3.05) is 7.11 Å². The van der Waals surface area contributed by atoms with Crippen molar-refractivity contribution in [1.29, 1.82) is 0 Å². The first-order valence-electron chi connectivity index (χ1n) is 4.64. The first-order valence-corrected chi connectivity index (χ1v) is 6.02. The molecule has 1 rings (SSSR count). The normalized spacial score (nSPS) is 14.3. The van der Waals surface area contributed by atoms with Gasteiger partial charge in [0.2, 0.25) is 0 Å². The van der Waals surface area contributed by atoms with Gasteiger partial charge in [-0.05, 0) is 12.5 Å². The number of carbonyl (C=O) groups excluding carboxylic acids is 1. The van der Waals surface area contributed by atoms with Crippen LogP contribution in [0.5, 0.6) is 0 Å². The standard InChI is InChI=1S/C11H14O3S/c1-9(11(12)14-2)15(13)8-10-6-4-3-5-7-10/h3-7,9H,8H2,1-2H3. The van der Waals surface area contributed by atoms with Crippen LogP contribution in [0, 0.1) is 0 Å². The Kier molecular flexibility index (Phi) is 4.49. The highest BCUT2D eigenvalue weighted by Gasteiger charge is 2.20. The highest BCUT2D eigenvalue weighted by molar-refractivity contribution is 7.85. The largest absolute Gasteiger partial charge is 0.468 e. The predicted molar refractivity (Wildman–Crippen MR) is 59.8 cm³/mol. The summed E-state index contributed by atoms with van der Waals surface area (Å²) < 4.78 is 16.3. The molecule has 3 nitrogen and oxygen atoms in total. The van der Waals surface area contributed by atoms with Crippen molar-refractivity contribution in [1.82, 2.24) is 0 Å². The number of rotatable bonds is 4. The summed E-state index contributed by atoms with van der Waals surface area (Å²) in [4.78, 5) is 11.1. The Morgan fingerprint density at radius 2 is 2.00 bits per heavy atom. The van der Waals surface area contributed by atoms with Gasteiger partial charge in [-0.25, -0.2) is 0 Å². The highest BCUT2D eigenvalue weighted by atomic mass is 32.2. The van der Waals surface area contributed by atoms with Gasteiger partial charge in [0, 0.05) is 16.6 Å². The van der Waals surface area contributed by atoms with E-state index in [0.717, 1.165) is 5.56 Å². The summed E-state index contributed by atoms with van der Waals surface area (Å²) in [6.45, 7) is 1.62. The molecule has 0 aliphatic carbocycles. The number of hydrogen-bond donors (Lipinski definition) is 0. The van der Waals surface area contributed by atoms with E-state index in [0.29, 0.717) is 5.75 Å². The van der Waals surface area contributed by atoms with Crippen LogP contribution in [-0.4, -0.2) is 22.5 Å². The van der Waals surface area contributed by atoms with Crippen molar-refractivity contribution in [2.24, 2.45) is 0 Å². The highest BCUT2D eigenvalue weighted by Crippen LogP contribution is 2.07. The van der Waals surface area contributed by atoms with E-state index in [1.807, 2.05) is 30.3 Å². The van der Waals surface area contributed by atoms with E-state index in [4.69, 9.17) is 0 Å². The average Bonchev–Trinajstić information content (AvgIpc) is 2.28. The lowest BCUT2D eigenvalue weighted by Crippen LogP contribution is -2.24. The zero-order chi connectivity index (χ0) is 11.3. The third-order valence-corrected chi connectivity index (χ3v) is 3.68. The topological polar surface area (TPSA) is 43.4 Å². The lowest BCUT2D eigenvalue weighted by molar-refractivity contribution is -0.139. The molecule has 0 saturated heterocycles. The van der Waals surface area contributed by atoms with Crippen LogP contribution in [0.1, 0.15) is 12.5 Å². The molecule has 0 bridgehead atoms. The number of benzene rings is 1. The fourth-order valence-electron chi connectivity index (χ4n) is 1.14. The Hall–Kier alpha value is -1.16. The van der Waals surface area contributed by atoms with E-state index < -0.39 is 22.0 Å². The van der Waals surface area contributed by atoms with Crippen molar-refractivity contribution in [3.63, 3.8) is 0 Å². The average molecular weight is 226 g/mol. The molecule has 0 N–H and O–H groups in total. The lowest BCUT2D eigenvalue weighted by atomic mass is 10.2. The molecule has 0 amide bonds. The van der Waals surface area contributed by atoms with Crippen LogP contribution in [0.25, 0.3) is 0 Å². The minimum atomic E-state index is -1.22. The molecule has 4 heteroatoms. The number of esters is 1. The zero-order valence-corrected chi connectivity index (χ0v) is 9.62. The second-order valence-electron chi connectivity index (χ2n) is 3.18. The Morgan fingerprint density at radius 3 is 2.53 bits per heavy atom. The van der Waals surface area contributed by atoms with Gasteiger partial charge in [-0.1, -0.05) is 30.3 Å². The maximum atomic E-state index is 11.7. The summed E-state index contributed by atoms with van der Waals surface area (Å²) in [6, 6.07) is 9.45. The van der Waals surface area contributed by atoms with Crippen LogP contribution >= 0.6 is 0 Å². The second kappa shape index (κ2) is 5.66. The van der Waals surface area contributed by atoms with Crippen LogP contribution in [0.4, 0.5) is 0 Å². The zero-order valence-electron chi connectivity index (χ0n) is 8.80. The van der Waals surface area contributed by atoms with Gasteiger partial charge in [-0.15, -0.1) is 0 Å². The molecule has 2 atom stereocenters. The Bertz CT molecular complexity index is 348. The van der Waals surface area contributed by atoms with Crippen LogP contribution < -0.4 is 0 Å². The summed E-state index contributed by atoms with van der Waals surface area (Å²) in [7, 11) is 0.0839. The number of methoxy groups -OCH3 is 1. The van der Waals surface area contributed by atoms with Gasteiger partial charge < -0.3 is 4.74 Å². The maximum absolute atomic E-state index is 11.7. The maximum Gasteiger partial charge on any atom is 0.321 e. The van der Waals surface area contributed by atoms with Crippen molar-refractivity contribution >= 4 is 16.8 Å². The SMILES string of the molecule is COC(=O)C(C)S(=O)Cc1ccccc1. The Morgan fingerprint density at radius 1 is 1.40 bits per heavy atom. The number of hydrogen-bond acceptors (Lipinski definition) is 3. The van der Waals surface area contributed by atoms with Gasteiger partial charge in [0.25, 0.3) is 0 Å². The van der Waals surface area contributed by atoms with E-state index in [2.05, 4.69) is 4.74 Å². The third kappa shape index (κ3) is 3.47. The number of carbonyl (C=O) groups is 1. The Balaban J connectivity index is 2.60. The van der Waals surface area contributed by atoms with Crippen molar-refractivity contribution in [3.05, 3.63) is 35.9 Å². The minimum absolute atomic E-state index is 0.386. The second-order valence-corrected chi connectivity index (χ2v) is 4.93. The smallest absolute Gasteiger partial charge is 0.321 e. The first kappa shape index (κ1) is 11.9. The molecular formula is C11H14O3S. The molecule has 82 valence electrons. The van der Waals surface area contributed by atoms with Gasteiger partial charge in [0.15, 0.2) is 0 Å². The van der Waals surface area contributed by atoms with Crippen molar-refractivity contribution < 1.29 is 13.7 Å². The summed E-state index contributed by atoms with van der Waals surface area (Å²) in [5.74, 6) is -0.0406. The molecule has 0 fully saturated rings. The van der Waals surface area contributed by atoms with Gasteiger partial charge >= 0.3 is 5.97 Å². The van der Waals surface area contributed by atoms with Crippen molar-refractivity contribution in [3.8, 4) is 0 Å². The molecular weight excluding hydrogens is 212 g/mol. The number of ether oxygens (including phenoxy) is 1. The molecule has 2 unspecified atom stereocenters. The van der Waals surface area contributed by atoms with E-state index in [9.17, 15) is 9.00 Å². The van der Waals surface area contributed by atoms with E-state index >= 15 is 0 Å². The third-order valence-electron chi connectivity index (χ3n) is 2.08. The van der Waals surface area contributed by atoms with Gasteiger partial charge in [-0.2, -0.15) is 0 Å². The van der Waals surface area contributed by atoms with Gasteiger partial charge in [0.05, 0.1) is 7.11 Å². The molecule has 15 heavy (non-hydrogen) atoms. The molecule has 0 aliphatic heterocycles. The molecule has 0 radical (unpaired) electrons. The summed E-state index contributed by atoms with van der Waals surface area (Å²) in [5, 5.41) is -0.574. The minimum Gasteiger partial charge on any atom is -0.468 e. The molecule has 0 heterocycles. The van der Waals surface area contributed by atoms with E-state index in [-0.39, 0.29) is 0 Å². The van der Waals surface area contributed by atoms with E-state index in [1.165, 1.54) is 7.11 Å². The van der Waals surface area contributed by atoms with Crippen LogP contribution in [-0.2, 0) is 26.1 Å². The lowest BCUT2D eigenvalue weighted by Gasteiger charge is -2.08. The van der Waals surface area contributed by atoms with Crippen LogP contribution in [0.15, 0.2) is 30.3 Å². The van der Waals surface area contributed by atoms with Crippen molar-refractivity contribution in [2.45, 2.75) is 17.9 Å². The fraction of sp³-hybridized carbons (Fsp3) is 0.364. The molecule has 0 saturated carbocycles. The summed E-state index contributed by atoms with van der Waals surface area (Å²) in [5.41, 5.74) is 0.964. The summed E-state index contributed by atoms with van der Waals surface area (Å²) >= 11 is 0. The Labute approximate surface area is 91.9 Å². The molecule has 1 aromatic rings. The van der Waals surface area contributed by atoms with Gasteiger partial charge in [0.1, 0.15) is 5.25 Å². The monoisotopic (exact) mass is 226 g/mol. The van der Waals surface area contributed by atoms with E-state index in [1.54, 1.807) is 6.92 Å². The fourth-order valence-corrected chi connectivity index (χ4v) is 2.22. The molecule has 0 aliphatic rings. The summed E-state index contributed by atoms with van der Waals surface area (Å²) in [6.07, 6.45) is 0. The van der Waals surface area contributed by atoms with Crippen LogP contribution in [0.2, 0.25) is 0 Å². The van der Waals surface area contributed by atoms with Gasteiger partial charge in [-0.3, -0.25) is 9.00 Å². The van der Waals surface area contributed by atoms with Crippen LogP contribution in [0.3, 0.4) is 0 Å².